The predicted molar refractivity (Wildman–Crippen MR) is 68.8 cm³/mol. The van der Waals surface area contributed by atoms with Crippen molar-refractivity contribution < 1.29 is 0 Å². The lowest BCUT2D eigenvalue weighted by atomic mass is 9.98. The highest BCUT2D eigenvalue weighted by Crippen LogP contribution is 2.17. The summed E-state index contributed by atoms with van der Waals surface area (Å²) < 4.78 is 0. The maximum atomic E-state index is 3.78. The third-order valence-electron chi connectivity index (χ3n) is 4.52. The van der Waals surface area contributed by atoms with E-state index in [9.17, 15) is 0 Å². The van der Waals surface area contributed by atoms with E-state index in [1.165, 1.54) is 45.3 Å². The first-order valence-electron chi connectivity index (χ1n) is 6.80. The monoisotopic (exact) mass is 225 g/mol. The average molecular weight is 225 g/mol. The third-order valence-corrected chi connectivity index (χ3v) is 4.52. The van der Waals surface area contributed by atoms with Crippen LogP contribution in [0.5, 0.6) is 0 Å². The maximum absolute atomic E-state index is 3.78. The highest BCUT2D eigenvalue weighted by atomic mass is 15.2. The fourth-order valence-corrected chi connectivity index (χ4v) is 3.01. The van der Waals surface area contributed by atoms with Gasteiger partial charge < -0.3 is 15.1 Å². The lowest BCUT2D eigenvalue weighted by Gasteiger charge is -2.36. The molecular formula is C13H27N3. The molecule has 16 heavy (non-hydrogen) atoms. The molecule has 1 N–H and O–H groups in total. The number of likely N-dealkylation sites (N-methyl/N-ethyl adjacent to an activating group) is 1. The molecule has 0 aromatic heterocycles. The van der Waals surface area contributed by atoms with Crippen molar-refractivity contribution in [3.63, 3.8) is 0 Å². The highest BCUT2D eigenvalue weighted by Gasteiger charge is 2.25. The van der Waals surface area contributed by atoms with Crippen LogP contribution >= 0.6 is 0 Å². The van der Waals surface area contributed by atoms with E-state index >= 15 is 0 Å². The topological polar surface area (TPSA) is 18.5 Å². The van der Waals surface area contributed by atoms with E-state index < -0.39 is 0 Å². The molecule has 3 heteroatoms. The Labute approximate surface area is 100 Å². The third kappa shape index (κ3) is 2.96. The van der Waals surface area contributed by atoms with Gasteiger partial charge in [-0.05, 0) is 59.8 Å². The van der Waals surface area contributed by atoms with Crippen molar-refractivity contribution in [2.24, 2.45) is 0 Å². The number of hydrogen-bond acceptors (Lipinski definition) is 3. The van der Waals surface area contributed by atoms with Gasteiger partial charge in [-0.15, -0.1) is 0 Å². The van der Waals surface area contributed by atoms with Crippen LogP contribution in [0.15, 0.2) is 0 Å². The number of likely N-dealkylation sites (tertiary alicyclic amines) is 2. The molecule has 3 nitrogen and oxygen atoms in total. The van der Waals surface area contributed by atoms with Crippen molar-refractivity contribution in [1.82, 2.24) is 15.1 Å². The molecule has 0 aromatic carbocycles. The predicted octanol–water partition coefficient (Wildman–Crippen LogP) is 1.15. The minimum absolute atomic E-state index is 0.743. The van der Waals surface area contributed by atoms with E-state index in [0.717, 1.165) is 18.1 Å². The van der Waals surface area contributed by atoms with Gasteiger partial charge in [0, 0.05) is 24.7 Å². The number of nitrogens with one attached hydrogen (secondary N) is 1. The van der Waals surface area contributed by atoms with Crippen LogP contribution < -0.4 is 5.32 Å². The van der Waals surface area contributed by atoms with Crippen LogP contribution in [0.3, 0.4) is 0 Å². The van der Waals surface area contributed by atoms with Crippen LogP contribution in [0.25, 0.3) is 0 Å². The van der Waals surface area contributed by atoms with Crippen molar-refractivity contribution >= 4 is 0 Å². The molecular weight excluding hydrogens is 198 g/mol. The molecule has 2 aliphatic heterocycles. The quantitative estimate of drug-likeness (QED) is 0.777. The second-order valence-corrected chi connectivity index (χ2v) is 5.74. The molecule has 2 fully saturated rings. The summed E-state index contributed by atoms with van der Waals surface area (Å²) >= 11 is 0. The van der Waals surface area contributed by atoms with Gasteiger partial charge in [-0.3, -0.25) is 0 Å². The maximum Gasteiger partial charge on any atom is 0.0218 e. The summed E-state index contributed by atoms with van der Waals surface area (Å²) in [6.45, 7) is 6.07. The van der Waals surface area contributed by atoms with Gasteiger partial charge >= 0.3 is 0 Å². The average Bonchev–Trinajstić information content (AvgIpc) is 2.66. The first-order chi connectivity index (χ1) is 7.66. The zero-order valence-corrected chi connectivity index (χ0v) is 11.1. The molecule has 0 aromatic rings. The van der Waals surface area contributed by atoms with E-state index in [1.807, 2.05) is 0 Å². The van der Waals surface area contributed by atoms with E-state index in [4.69, 9.17) is 0 Å². The molecule has 0 amide bonds. The largest absolute Gasteiger partial charge is 0.312 e. The van der Waals surface area contributed by atoms with Gasteiger partial charge in [-0.2, -0.15) is 0 Å². The standard InChI is InChI=1S/C13H27N3/c1-11-9-12(6-8-15(11)2)14-10-13-5-4-7-16(13)3/h11-14H,4-10H2,1-3H3. The van der Waals surface area contributed by atoms with Gasteiger partial charge in [0.2, 0.25) is 0 Å². The Kier molecular flexibility index (Phi) is 4.22. The molecule has 2 heterocycles. The van der Waals surface area contributed by atoms with Gasteiger partial charge in [0.25, 0.3) is 0 Å². The molecule has 0 radical (unpaired) electrons. The molecule has 0 aliphatic carbocycles. The van der Waals surface area contributed by atoms with E-state index in [-0.39, 0.29) is 0 Å². The first-order valence-corrected chi connectivity index (χ1v) is 6.80. The van der Waals surface area contributed by atoms with Gasteiger partial charge in [0.05, 0.1) is 0 Å². The fraction of sp³-hybridized carbons (Fsp3) is 1.00. The van der Waals surface area contributed by atoms with E-state index in [0.29, 0.717) is 0 Å². The Morgan fingerprint density at radius 3 is 2.56 bits per heavy atom. The molecule has 3 atom stereocenters. The van der Waals surface area contributed by atoms with Crippen LogP contribution in [-0.4, -0.2) is 61.7 Å². The van der Waals surface area contributed by atoms with Crippen molar-refractivity contribution in [2.45, 2.75) is 50.7 Å². The van der Waals surface area contributed by atoms with Crippen molar-refractivity contribution in [1.29, 1.82) is 0 Å². The van der Waals surface area contributed by atoms with Gasteiger partial charge in [0.15, 0.2) is 0 Å². The second kappa shape index (κ2) is 5.48. The van der Waals surface area contributed by atoms with Gasteiger partial charge in [-0.25, -0.2) is 0 Å². The number of nitrogens with zero attached hydrogens (tertiary/aromatic N) is 2. The van der Waals surface area contributed by atoms with E-state index in [1.54, 1.807) is 0 Å². The summed E-state index contributed by atoms with van der Waals surface area (Å²) in [5.41, 5.74) is 0. The molecule has 3 unspecified atom stereocenters. The first kappa shape index (κ1) is 12.3. The molecule has 2 rings (SSSR count). The summed E-state index contributed by atoms with van der Waals surface area (Å²) in [5.74, 6) is 0. The van der Waals surface area contributed by atoms with Crippen molar-refractivity contribution in [3.05, 3.63) is 0 Å². The molecule has 94 valence electrons. The van der Waals surface area contributed by atoms with E-state index in [2.05, 4.69) is 36.1 Å². The second-order valence-electron chi connectivity index (χ2n) is 5.74. The minimum Gasteiger partial charge on any atom is -0.312 e. The van der Waals surface area contributed by atoms with Crippen LogP contribution in [0.2, 0.25) is 0 Å². The van der Waals surface area contributed by atoms with Crippen LogP contribution in [0, 0.1) is 0 Å². The fourth-order valence-electron chi connectivity index (χ4n) is 3.01. The molecule has 0 spiro atoms. The normalized spacial score (nSPS) is 38.1. The smallest absolute Gasteiger partial charge is 0.0218 e. The molecule has 2 aliphatic rings. The Balaban J connectivity index is 1.70. The lowest BCUT2D eigenvalue weighted by molar-refractivity contribution is 0.163. The minimum atomic E-state index is 0.743. The number of piperidine rings is 1. The summed E-state index contributed by atoms with van der Waals surface area (Å²) in [7, 11) is 4.50. The lowest BCUT2D eigenvalue weighted by Crippen LogP contribution is -2.48. The summed E-state index contributed by atoms with van der Waals surface area (Å²) in [5, 5.41) is 3.78. The number of hydrogen-bond donors (Lipinski definition) is 1. The molecule has 0 bridgehead atoms. The van der Waals surface area contributed by atoms with Crippen LogP contribution in [0.1, 0.15) is 32.6 Å². The Hall–Kier alpha value is -0.120. The Morgan fingerprint density at radius 2 is 1.94 bits per heavy atom. The summed E-state index contributed by atoms with van der Waals surface area (Å²) in [4.78, 5) is 4.98. The summed E-state index contributed by atoms with van der Waals surface area (Å²) in [6, 6.07) is 2.28. The highest BCUT2D eigenvalue weighted by molar-refractivity contribution is 4.84. The van der Waals surface area contributed by atoms with Gasteiger partial charge in [0.1, 0.15) is 0 Å². The van der Waals surface area contributed by atoms with Crippen LogP contribution in [-0.2, 0) is 0 Å². The number of rotatable bonds is 3. The van der Waals surface area contributed by atoms with Crippen molar-refractivity contribution in [3.8, 4) is 0 Å². The zero-order valence-electron chi connectivity index (χ0n) is 11.1. The van der Waals surface area contributed by atoms with Crippen LogP contribution in [0.4, 0.5) is 0 Å². The Bertz CT molecular complexity index is 219. The zero-order chi connectivity index (χ0) is 11.5. The molecule has 0 saturated carbocycles. The Morgan fingerprint density at radius 1 is 1.12 bits per heavy atom. The van der Waals surface area contributed by atoms with Crippen molar-refractivity contribution in [2.75, 3.05) is 33.7 Å². The van der Waals surface area contributed by atoms with Gasteiger partial charge in [-0.1, -0.05) is 0 Å². The molecule has 2 saturated heterocycles. The summed E-state index contributed by atoms with van der Waals surface area (Å²) in [6.07, 6.45) is 5.39. The SMILES string of the molecule is CC1CC(NCC2CCCN2C)CCN1C.